The Morgan fingerprint density at radius 2 is 2.21 bits per heavy atom. The molecule has 0 bridgehead atoms. The molecule has 14 heavy (non-hydrogen) atoms. The molecule has 72 valence electrons. The van der Waals surface area contributed by atoms with Gasteiger partial charge >= 0.3 is 0 Å². The molecular weight excluding hydrogens is 247 g/mol. The third-order valence-electron chi connectivity index (χ3n) is 2.52. The van der Waals surface area contributed by atoms with Crippen molar-refractivity contribution in [3.05, 3.63) is 28.7 Å². The van der Waals surface area contributed by atoms with Crippen LogP contribution in [0.4, 0.5) is 4.39 Å². The molecule has 1 aliphatic rings. The summed E-state index contributed by atoms with van der Waals surface area (Å²) in [6, 6.07) is 5.30. The van der Waals surface area contributed by atoms with Crippen LogP contribution in [0.1, 0.15) is 18.9 Å². The third kappa shape index (κ3) is 1.17. The molecule has 1 aromatic carbocycles. The molecule has 2 aromatic rings. The van der Waals surface area contributed by atoms with Gasteiger partial charge in [0, 0.05) is 12.1 Å². The van der Waals surface area contributed by atoms with Crippen molar-refractivity contribution in [2.45, 2.75) is 18.9 Å². The van der Waals surface area contributed by atoms with Gasteiger partial charge in [0.1, 0.15) is 5.82 Å². The Kier molecular flexibility index (Phi) is 1.68. The summed E-state index contributed by atoms with van der Waals surface area (Å²) < 4.78 is 15.9. The van der Waals surface area contributed by atoms with E-state index in [-0.39, 0.29) is 5.82 Å². The minimum absolute atomic E-state index is 0.231. The predicted molar refractivity (Wildman–Crippen MR) is 55.7 cm³/mol. The molecule has 4 heteroatoms. The first-order valence-electron chi connectivity index (χ1n) is 4.59. The fraction of sp³-hybridized carbons (Fsp3) is 0.300. The lowest BCUT2D eigenvalue weighted by Crippen LogP contribution is -1.93. The lowest BCUT2D eigenvalue weighted by molar-refractivity contribution is 0.629. The average Bonchev–Trinajstić information content (AvgIpc) is 2.89. The molecule has 0 unspecified atom stereocenters. The maximum atomic E-state index is 12.9. The highest BCUT2D eigenvalue weighted by atomic mass is 79.9. The number of hydrogen-bond acceptors (Lipinski definition) is 1. The van der Waals surface area contributed by atoms with Crippen molar-refractivity contribution < 1.29 is 4.39 Å². The number of nitrogens with zero attached hydrogens (tertiary/aromatic N) is 2. The van der Waals surface area contributed by atoms with Crippen LogP contribution in [0.15, 0.2) is 22.9 Å². The molecule has 1 fully saturated rings. The molecule has 1 aromatic heterocycles. The van der Waals surface area contributed by atoms with Gasteiger partial charge in [0.25, 0.3) is 0 Å². The summed E-state index contributed by atoms with van der Waals surface area (Å²) in [5, 5.41) is 0. The monoisotopic (exact) mass is 254 g/mol. The molecule has 0 aliphatic heterocycles. The molecule has 1 saturated carbocycles. The first-order chi connectivity index (χ1) is 6.75. The SMILES string of the molecule is Fc1ccc2c(c1)nc(Br)n2C1CC1. The van der Waals surface area contributed by atoms with E-state index in [2.05, 4.69) is 25.5 Å². The minimum atomic E-state index is -0.231. The lowest BCUT2D eigenvalue weighted by atomic mass is 10.3. The number of rotatable bonds is 1. The van der Waals surface area contributed by atoms with Gasteiger partial charge < -0.3 is 4.57 Å². The fourth-order valence-corrected chi connectivity index (χ4v) is 2.39. The van der Waals surface area contributed by atoms with E-state index < -0.39 is 0 Å². The van der Waals surface area contributed by atoms with Gasteiger partial charge in [0.05, 0.1) is 11.0 Å². The van der Waals surface area contributed by atoms with Gasteiger partial charge in [0.2, 0.25) is 0 Å². The average molecular weight is 255 g/mol. The summed E-state index contributed by atoms with van der Waals surface area (Å²) in [5.41, 5.74) is 1.74. The summed E-state index contributed by atoms with van der Waals surface area (Å²) in [5.74, 6) is -0.231. The van der Waals surface area contributed by atoms with E-state index in [0.29, 0.717) is 6.04 Å². The van der Waals surface area contributed by atoms with Crippen molar-refractivity contribution in [3.63, 3.8) is 0 Å². The second-order valence-electron chi connectivity index (χ2n) is 3.62. The van der Waals surface area contributed by atoms with Crippen LogP contribution in [0.3, 0.4) is 0 Å². The van der Waals surface area contributed by atoms with Gasteiger partial charge in [-0.1, -0.05) is 0 Å². The maximum Gasteiger partial charge on any atom is 0.178 e. The van der Waals surface area contributed by atoms with E-state index in [4.69, 9.17) is 0 Å². The van der Waals surface area contributed by atoms with Gasteiger partial charge in [-0.15, -0.1) is 0 Å². The number of halogens is 2. The van der Waals surface area contributed by atoms with Crippen molar-refractivity contribution in [2.75, 3.05) is 0 Å². The molecule has 0 atom stereocenters. The molecule has 1 heterocycles. The van der Waals surface area contributed by atoms with Crippen LogP contribution in [-0.4, -0.2) is 9.55 Å². The summed E-state index contributed by atoms with van der Waals surface area (Å²) in [4.78, 5) is 4.27. The van der Waals surface area contributed by atoms with Crippen molar-refractivity contribution in [2.24, 2.45) is 0 Å². The molecule has 2 nitrogen and oxygen atoms in total. The van der Waals surface area contributed by atoms with Crippen molar-refractivity contribution >= 4 is 27.0 Å². The Morgan fingerprint density at radius 1 is 1.43 bits per heavy atom. The van der Waals surface area contributed by atoms with Crippen LogP contribution >= 0.6 is 15.9 Å². The van der Waals surface area contributed by atoms with Crippen molar-refractivity contribution in [1.29, 1.82) is 0 Å². The molecule has 0 amide bonds. The lowest BCUT2D eigenvalue weighted by Gasteiger charge is -2.01. The smallest absolute Gasteiger partial charge is 0.178 e. The van der Waals surface area contributed by atoms with Crippen LogP contribution < -0.4 is 0 Å². The van der Waals surface area contributed by atoms with E-state index >= 15 is 0 Å². The summed E-state index contributed by atoms with van der Waals surface area (Å²) in [6.07, 6.45) is 2.39. The normalized spacial score (nSPS) is 16.4. The van der Waals surface area contributed by atoms with E-state index in [0.717, 1.165) is 15.8 Å². The predicted octanol–water partition coefficient (Wildman–Crippen LogP) is 3.27. The van der Waals surface area contributed by atoms with E-state index in [1.54, 1.807) is 6.07 Å². The van der Waals surface area contributed by atoms with E-state index in [1.807, 2.05) is 0 Å². The van der Waals surface area contributed by atoms with Crippen molar-refractivity contribution in [1.82, 2.24) is 9.55 Å². The molecule has 1 aliphatic carbocycles. The van der Waals surface area contributed by atoms with E-state index in [1.165, 1.54) is 25.0 Å². The second kappa shape index (κ2) is 2.79. The molecule has 0 spiro atoms. The van der Waals surface area contributed by atoms with Crippen LogP contribution in [0, 0.1) is 5.82 Å². The van der Waals surface area contributed by atoms with Gasteiger partial charge in [-0.05, 0) is 40.9 Å². The Hall–Kier alpha value is -0.900. The number of benzene rings is 1. The first kappa shape index (κ1) is 8.41. The Balaban J connectivity index is 2.32. The van der Waals surface area contributed by atoms with Crippen molar-refractivity contribution in [3.8, 4) is 0 Å². The fourth-order valence-electron chi connectivity index (χ4n) is 1.72. The quantitative estimate of drug-likeness (QED) is 0.764. The molecule has 0 radical (unpaired) electrons. The number of aromatic nitrogens is 2. The largest absolute Gasteiger partial charge is 0.315 e. The zero-order chi connectivity index (χ0) is 9.71. The summed E-state index contributed by atoms with van der Waals surface area (Å²) >= 11 is 3.40. The van der Waals surface area contributed by atoms with Crippen LogP contribution in [0.25, 0.3) is 11.0 Å². The van der Waals surface area contributed by atoms with Gasteiger partial charge in [-0.2, -0.15) is 0 Å². The summed E-state index contributed by atoms with van der Waals surface area (Å²) in [6.45, 7) is 0. The second-order valence-corrected chi connectivity index (χ2v) is 4.32. The zero-order valence-corrected chi connectivity index (χ0v) is 8.96. The van der Waals surface area contributed by atoms with Gasteiger partial charge in [-0.25, -0.2) is 9.37 Å². The van der Waals surface area contributed by atoms with Gasteiger partial charge in [0.15, 0.2) is 4.73 Å². The number of hydrogen-bond donors (Lipinski definition) is 0. The maximum absolute atomic E-state index is 12.9. The van der Waals surface area contributed by atoms with Crippen LogP contribution in [0.2, 0.25) is 0 Å². The zero-order valence-electron chi connectivity index (χ0n) is 7.37. The molecule has 0 N–H and O–H groups in total. The number of imidazole rings is 1. The highest BCUT2D eigenvalue weighted by Crippen LogP contribution is 2.39. The topological polar surface area (TPSA) is 17.8 Å². The Labute approximate surface area is 88.9 Å². The standard InChI is InChI=1S/C10H8BrFN2/c11-10-13-8-5-6(12)1-4-9(8)14(10)7-2-3-7/h1,4-5,7H,2-3H2. The van der Waals surface area contributed by atoms with Crippen LogP contribution in [-0.2, 0) is 0 Å². The highest BCUT2D eigenvalue weighted by Gasteiger charge is 2.27. The Bertz CT molecular complexity index is 502. The molecule has 0 saturated heterocycles. The third-order valence-corrected chi connectivity index (χ3v) is 3.08. The van der Waals surface area contributed by atoms with E-state index in [9.17, 15) is 4.39 Å². The summed E-state index contributed by atoms with van der Waals surface area (Å²) in [7, 11) is 0. The Morgan fingerprint density at radius 3 is 2.93 bits per heavy atom. The number of fused-ring (bicyclic) bond motifs is 1. The van der Waals surface area contributed by atoms with Gasteiger partial charge in [-0.3, -0.25) is 0 Å². The molecule has 3 rings (SSSR count). The first-order valence-corrected chi connectivity index (χ1v) is 5.38. The molecular formula is C10H8BrFN2. The van der Waals surface area contributed by atoms with Crippen LogP contribution in [0.5, 0.6) is 0 Å². The highest BCUT2D eigenvalue weighted by molar-refractivity contribution is 9.10. The minimum Gasteiger partial charge on any atom is -0.315 e.